The standard InChI is InChI=1S/C23H23ClN6O3S2.H2/c1-16(30-9-8-17-14-18(24)2-7-21(17)30)22(31)29-12-10-28(11-13-29)19-3-5-20(6-4-19)35(32,33)27-23-26-25-15-34-23;/h2-9,14-16H,10-13H2,1H3,(H,26,27);1H. The predicted octanol–water partition coefficient (Wildman–Crippen LogP) is 4.10. The molecular formula is C23H25ClN6O3S2. The number of carbonyl (C=O) groups excluding carboxylic acids is 1. The first-order valence-electron chi connectivity index (χ1n) is 11.0. The lowest BCUT2D eigenvalue weighted by molar-refractivity contribution is -0.134. The lowest BCUT2D eigenvalue weighted by Gasteiger charge is -2.37. The average molecular weight is 533 g/mol. The van der Waals surface area contributed by atoms with Crippen LogP contribution in [-0.2, 0) is 14.8 Å². The summed E-state index contributed by atoms with van der Waals surface area (Å²) in [5.74, 6) is 0.0706. The number of amides is 1. The third-order valence-electron chi connectivity index (χ3n) is 6.14. The van der Waals surface area contributed by atoms with Gasteiger partial charge in [-0.05, 0) is 55.5 Å². The number of anilines is 2. The first kappa shape index (κ1) is 23.6. The number of nitrogens with zero attached hydrogens (tertiary/aromatic N) is 5. The van der Waals surface area contributed by atoms with E-state index >= 15 is 0 Å². The van der Waals surface area contributed by atoms with Crippen molar-refractivity contribution in [2.24, 2.45) is 0 Å². The molecule has 2 aromatic heterocycles. The Bertz CT molecular complexity index is 1450. The van der Waals surface area contributed by atoms with Gasteiger partial charge < -0.3 is 14.4 Å². The van der Waals surface area contributed by atoms with Gasteiger partial charge in [-0.3, -0.25) is 9.52 Å². The Morgan fingerprint density at radius 3 is 2.54 bits per heavy atom. The van der Waals surface area contributed by atoms with Crippen molar-refractivity contribution in [3.63, 3.8) is 0 Å². The summed E-state index contributed by atoms with van der Waals surface area (Å²) in [5, 5.41) is 9.25. The molecule has 0 radical (unpaired) electrons. The predicted molar refractivity (Wildman–Crippen MR) is 140 cm³/mol. The summed E-state index contributed by atoms with van der Waals surface area (Å²) < 4.78 is 29.5. The third kappa shape index (κ3) is 4.84. The van der Waals surface area contributed by atoms with Crippen LogP contribution in [0.4, 0.5) is 10.8 Å². The fourth-order valence-electron chi connectivity index (χ4n) is 4.27. The lowest BCUT2D eigenvalue weighted by Crippen LogP contribution is -2.50. The molecular weight excluding hydrogens is 508 g/mol. The monoisotopic (exact) mass is 532 g/mol. The number of sulfonamides is 1. The molecule has 1 atom stereocenters. The molecule has 12 heteroatoms. The minimum absolute atomic E-state index is 0. The minimum atomic E-state index is -3.72. The highest BCUT2D eigenvalue weighted by molar-refractivity contribution is 7.93. The molecule has 4 aromatic rings. The molecule has 0 spiro atoms. The van der Waals surface area contributed by atoms with E-state index in [1.807, 2.05) is 46.9 Å². The Morgan fingerprint density at radius 2 is 1.86 bits per heavy atom. The number of carbonyl (C=O) groups is 1. The van der Waals surface area contributed by atoms with Crippen LogP contribution in [0.15, 0.2) is 65.1 Å². The van der Waals surface area contributed by atoms with Crippen molar-refractivity contribution in [1.29, 1.82) is 0 Å². The Hall–Kier alpha value is -3.15. The SMILES string of the molecule is CC(C(=O)N1CCN(c2ccc(S(=O)(=O)Nc3nncs3)cc2)CC1)n1ccc2cc(Cl)ccc21.[HH]. The normalized spacial score (nSPS) is 15.4. The van der Waals surface area contributed by atoms with E-state index in [1.54, 1.807) is 24.3 Å². The van der Waals surface area contributed by atoms with Crippen molar-refractivity contribution >= 4 is 60.6 Å². The van der Waals surface area contributed by atoms with Crippen molar-refractivity contribution in [2.45, 2.75) is 17.9 Å². The van der Waals surface area contributed by atoms with Crippen LogP contribution in [0.2, 0.25) is 5.02 Å². The number of halogens is 1. The van der Waals surface area contributed by atoms with Gasteiger partial charge in [0.05, 0.1) is 4.90 Å². The van der Waals surface area contributed by atoms with E-state index in [-0.39, 0.29) is 23.4 Å². The fourth-order valence-corrected chi connectivity index (χ4v) is 6.14. The summed E-state index contributed by atoms with van der Waals surface area (Å²) >= 11 is 7.20. The van der Waals surface area contributed by atoms with Gasteiger partial charge in [-0.1, -0.05) is 22.9 Å². The second-order valence-electron chi connectivity index (χ2n) is 8.26. The van der Waals surface area contributed by atoms with Crippen molar-refractivity contribution in [3.8, 4) is 0 Å². The van der Waals surface area contributed by atoms with E-state index in [9.17, 15) is 13.2 Å². The maximum Gasteiger partial charge on any atom is 0.263 e. The van der Waals surface area contributed by atoms with Crippen LogP contribution in [0, 0.1) is 0 Å². The molecule has 0 saturated carbocycles. The van der Waals surface area contributed by atoms with Gasteiger partial charge in [-0.15, -0.1) is 10.2 Å². The van der Waals surface area contributed by atoms with Gasteiger partial charge in [-0.2, -0.15) is 0 Å². The number of aromatic nitrogens is 3. The summed E-state index contributed by atoms with van der Waals surface area (Å²) in [7, 11) is -3.72. The maximum absolute atomic E-state index is 13.2. The largest absolute Gasteiger partial charge is 0.368 e. The smallest absolute Gasteiger partial charge is 0.263 e. The highest BCUT2D eigenvalue weighted by atomic mass is 35.5. The van der Waals surface area contributed by atoms with Gasteiger partial charge in [0, 0.05) is 55.4 Å². The highest BCUT2D eigenvalue weighted by Gasteiger charge is 2.27. The van der Waals surface area contributed by atoms with Crippen LogP contribution >= 0.6 is 22.9 Å². The molecule has 1 aliphatic rings. The number of hydrogen-bond acceptors (Lipinski definition) is 7. The van der Waals surface area contributed by atoms with E-state index in [0.29, 0.717) is 31.2 Å². The quantitative estimate of drug-likeness (QED) is 0.401. The Labute approximate surface area is 213 Å². The van der Waals surface area contributed by atoms with E-state index in [1.165, 1.54) is 5.51 Å². The van der Waals surface area contributed by atoms with Gasteiger partial charge in [-0.25, -0.2) is 8.42 Å². The number of nitrogens with one attached hydrogen (secondary N) is 1. The maximum atomic E-state index is 13.2. The molecule has 0 bridgehead atoms. The summed E-state index contributed by atoms with van der Waals surface area (Å²) in [5.41, 5.74) is 3.35. The summed E-state index contributed by atoms with van der Waals surface area (Å²) in [6, 6.07) is 14.0. The molecule has 0 aliphatic carbocycles. The van der Waals surface area contributed by atoms with Gasteiger partial charge in [0.15, 0.2) is 0 Å². The van der Waals surface area contributed by atoms with Gasteiger partial charge in [0.2, 0.25) is 11.0 Å². The number of fused-ring (bicyclic) bond motifs is 1. The molecule has 3 heterocycles. The first-order chi connectivity index (χ1) is 16.8. The average Bonchev–Trinajstić information content (AvgIpc) is 3.52. The van der Waals surface area contributed by atoms with Gasteiger partial charge in [0.1, 0.15) is 11.6 Å². The van der Waals surface area contributed by atoms with Crippen LogP contribution in [-0.4, -0.2) is 60.2 Å². The molecule has 184 valence electrons. The van der Waals surface area contributed by atoms with Crippen LogP contribution in [0.3, 0.4) is 0 Å². The molecule has 1 aliphatic heterocycles. The molecule has 35 heavy (non-hydrogen) atoms. The molecule has 5 rings (SSSR count). The summed E-state index contributed by atoms with van der Waals surface area (Å²) in [4.78, 5) is 17.4. The Kier molecular flexibility index (Phi) is 6.39. The molecule has 9 nitrogen and oxygen atoms in total. The van der Waals surface area contributed by atoms with Crippen molar-refractivity contribution in [3.05, 3.63) is 65.3 Å². The van der Waals surface area contributed by atoms with Crippen LogP contribution in [0.25, 0.3) is 10.9 Å². The Morgan fingerprint density at radius 1 is 1.11 bits per heavy atom. The Balaban J connectivity index is 0.00000304. The highest BCUT2D eigenvalue weighted by Crippen LogP contribution is 2.26. The second-order valence-corrected chi connectivity index (χ2v) is 11.2. The zero-order valence-corrected chi connectivity index (χ0v) is 21.2. The van der Waals surface area contributed by atoms with Crippen molar-refractivity contribution < 1.29 is 14.6 Å². The molecule has 1 N–H and O–H groups in total. The third-order valence-corrected chi connectivity index (χ3v) is 8.47. The van der Waals surface area contributed by atoms with E-state index in [0.717, 1.165) is 27.9 Å². The molecule has 1 saturated heterocycles. The van der Waals surface area contributed by atoms with Crippen LogP contribution < -0.4 is 9.62 Å². The number of hydrogen-bond donors (Lipinski definition) is 1. The molecule has 2 aromatic carbocycles. The number of benzene rings is 2. The van der Waals surface area contributed by atoms with E-state index in [4.69, 9.17) is 11.6 Å². The van der Waals surface area contributed by atoms with Crippen molar-refractivity contribution in [1.82, 2.24) is 19.7 Å². The van der Waals surface area contributed by atoms with Crippen LogP contribution in [0.5, 0.6) is 0 Å². The minimum Gasteiger partial charge on any atom is -0.368 e. The second kappa shape index (κ2) is 9.48. The van der Waals surface area contributed by atoms with Gasteiger partial charge in [0.25, 0.3) is 10.0 Å². The number of piperazine rings is 1. The lowest BCUT2D eigenvalue weighted by atomic mass is 10.2. The van der Waals surface area contributed by atoms with E-state index < -0.39 is 10.0 Å². The fraction of sp³-hybridized carbons (Fsp3) is 0.261. The zero-order valence-electron chi connectivity index (χ0n) is 18.8. The van der Waals surface area contributed by atoms with E-state index in [2.05, 4.69) is 19.8 Å². The molecule has 1 amide bonds. The molecule has 1 fully saturated rings. The molecule has 1 unspecified atom stereocenters. The van der Waals surface area contributed by atoms with Crippen LogP contribution in [0.1, 0.15) is 14.4 Å². The topological polar surface area (TPSA) is 100 Å². The van der Waals surface area contributed by atoms with Crippen molar-refractivity contribution in [2.75, 3.05) is 35.8 Å². The number of rotatable bonds is 6. The summed E-state index contributed by atoms with van der Waals surface area (Å²) in [6.07, 6.45) is 1.93. The first-order valence-corrected chi connectivity index (χ1v) is 13.7. The van der Waals surface area contributed by atoms with Gasteiger partial charge >= 0.3 is 0 Å². The zero-order chi connectivity index (χ0) is 24.6. The summed E-state index contributed by atoms with van der Waals surface area (Å²) in [6.45, 7) is 4.42.